The molecular weight excluding hydrogens is 326 g/mol. The summed E-state index contributed by atoms with van der Waals surface area (Å²) in [6.45, 7) is 2.12. The molecule has 0 aliphatic heterocycles. The van der Waals surface area contributed by atoms with E-state index in [4.69, 9.17) is 11.6 Å². The quantitative estimate of drug-likeness (QED) is 0.746. The Morgan fingerprint density at radius 2 is 1.71 bits per heavy atom. The number of halogens is 1. The van der Waals surface area contributed by atoms with Crippen LogP contribution in [0.4, 0.5) is 10.5 Å². The predicted molar refractivity (Wildman–Crippen MR) is 96.1 cm³/mol. The molecule has 0 unspecified atom stereocenters. The summed E-state index contributed by atoms with van der Waals surface area (Å²) < 4.78 is 0. The number of urea groups is 1. The Labute approximate surface area is 146 Å². The van der Waals surface area contributed by atoms with Gasteiger partial charge in [0, 0.05) is 23.7 Å². The average Bonchev–Trinajstić information content (AvgIpc) is 2.56. The second-order valence-electron chi connectivity index (χ2n) is 5.31. The van der Waals surface area contributed by atoms with E-state index in [1.807, 2.05) is 43.3 Å². The Kier molecular flexibility index (Phi) is 6.63. The molecule has 1 atom stereocenters. The van der Waals surface area contributed by atoms with Crippen LogP contribution in [0.25, 0.3) is 0 Å². The van der Waals surface area contributed by atoms with Gasteiger partial charge in [0.1, 0.15) is 0 Å². The first-order valence-electron chi connectivity index (χ1n) is 7.70. The lowest BCUT2D eigenvalue weighted by Crippen LogP contribution is -2.34. The van der Waals surface area contributed by atoms with E-state index in [2.05, 4.69) is 16.0 Å². The van der Waals surface area contributed by atoms with Crippen LogP contribution in [0.15, 0.2) is 54.6 Å². The van der Waals surface area contributed by atoms with Gasteiger partial charge in [-0.15, -0.1) is 0 Å². The van der Waals surface area contributed by atoms with E-state index in [1.54, 1.807) is 18.2 Å². The fraction of sp³-hybridized carbons (Fsp3) is 0.222. The Hall–Kier alpha value is -2.53. The summed E-state index contributed by atoms with van der Waals surface area (Å²) >= 11 is 6.11. The Morgan fingerprint density at radius 1 is 1.04 bits per heavy atom. The molecule has 0 saturated carbocycles. The molecule has 6 heteroatoms. The number of rotatable bonds is 6. The van der Waals surface area contributed by atoms with Crippen LogP contribution < -0.4 is 16.0 Å². The maximum atomic E-state index is 12.0. The van der Waals surface area contributed by atoms with Gasteiger partial charge in [-0.25, -0.2) is 4.79 Å². The van der Waals surface area contributed by atoms with Crippen molar-refractivity contribution in [2.45, 2.75) is 19.4 Å². The van der Waals surface area contributed by atoms with Gasteiger partial charge >= 0.3 is 6.03 Å². The standard InChI is InChI=1S/C18H20ClN3O2/c1-13(15-9-5-6-10-16(15)19)21-17(23)11-12-20-18(24)22-14-7-3-2-4-8-14/h2-10,13H,11-12H2,1H3,(H,21,23)(H2,20,22,24)/t13-/m0/s1. The molecule has 0 fully saturated rings. The lowest BCUT2D eigenvalue weighted by molar-refractivity contribution is -0.121. The molecule has 0 bridgehead atoms. The molecule has 0 radical (unpaired) electrons. The summed E-state index contributed by atoms with van der Waals surface area (Å²) in [4.78, 5) is 23.7. The topological polar surface area (TPSA) is 70.2 Å². The molecule has 0 aliphatic carbocycles. The molecule has 0 heterocycles. The van der Waals surface area contributed by atoms with Crippen LogP contribution in [0, 0.1) is 0 Å². The summed E-state index contributed by atoms with van der Waals surface area (Å²) in [7, 11) is 0. The van der Waals surface area contributed by atoms with Crippen molar-refractivity contribution in [1.29, 1.82) is 0 Å². The largest absolute Gasteiger partial charge is 0.349 e. The first-order valence-corrected chi connectivity index (χ1v) is 8.08. The van der Waals surface area contributed by atoms with Crippen molar-refractivity contribution in [3.8, 4) is 0 Å². The van der Waals surface area contributed by atoms with E-state index in [0.29, 0.717) is 10.7 Å². The van der Waals surface area contributed by atoms with Gasteiger partial charge in [-0.2, -0.15) is 0 Å². The third-order valence-electron chi connectivity index (χ3n) is 3.42. The van der Waals surface area contributed by atoms with Crippen LogP contribution >= 0.6 is 11.6 Å². The first-order chi connectivity index (χ1) is 11.6. The molecule has 0 saturated heterocycles. The number of nitrogens with one attached hydrogen (secondary N) is 3. The minimum absolute atomic E-state index is 0.151. The molecular formula is C18H20ClN3O2. The third kappa shape index (κ3) is 5.59. The molecule has 5 nitrogen and oxygen atoms in total. The van der Waals surface area contributed by atoms with Gasteiger partial charge in [-0.3, -0.25) is 4.79 Å². The Morgan fingerprint density at radius 3 is 2.42 bits per heavy atom. The lowest BCUT2D eigenvalue weighted by Gasteiger charge is -2.16. The second kappa shape index (κ2) is 8.93. The molecule has 2 aromatic carbocycles. The van der Waals surface area contributed by atoms with Crippen molar-refractivity contribution < 1.29 is 9.59 Å². The maximum absolute atomic E-state index is 12.0. The third-order valence-corrected chi connectivity index (χ3v) is 3.76. The van der Waals surface area contributed by atoms with Crippen molar-refractivity contribution in [2.75, 3.05) is 11.9 Å². The zero-order valence-electron chi connectivity index (χ0n) is 13.4. The average molecular weight is 346 g/mol. The highest BCUT2D eigenvalue weighted by Crippen LogP contribution is 2.21. The van der Waals surface area contributed by atoms with Crippen molar-refractivity contribution in [3.63, 3.8) is 0 Å². The number of para-hydroxylation sites is 1. The van der Waals surface area contributed by atoms with Crippen LogP contribution in [0.1, 0.15) is 24.9 Å². The molecule has 0 aromatic heterocycles. The Balaban J connectivity index is 1.71. The first kappa shape index (κ1) is 17.8. The van der Waals surface area contributed by atoms with Crippen LogP contribution in [-0.2, 0) is 4.79 Å². The summed E-state index contributed by atoms with van der Waals surface area (Å²) in [6, 6.07) is 16.0. The summed E-state index contributed by atoms with van der Waals surface area (Å²) in [5.41, 5.74) is 1.56. The minimum atomic E-state index is -0.340. The van der Waals surface area contributed by atoms with E-state index < -0.39 is 0 Å². The fourth-order valence-electron chi connectivity index (χ4n) is 2.20. The molecule has 0 aliphatic rings. The maximum Gasteiger partial charge on any atom is 0.319 e. The van der Waals surface area contributed by atoms with E-state index in [9.17, 15) is 9.59 Å². The predicted octanol–water partition coefficient (Wildman–Crippen LogP) is 3.73. The number of amides is 3. The van der Waals surface area contributed by atoms with Crippen molar-refractivity contribution >= 4 is 29.2 Å². The summed E-state index contributed by atoms with van der Waals surface area (Å²) in [5.74, 6) is -0.151. The highest BCUT2D eigenvalue weighted by molar-refractivity contribution is 6.31. The molecule has 3 amide bonds. The van der Waals surface area contributed by atoms with Crippen LogP contribution in [0.2, 0.25) is 5.02 Å². The molecule has 0 spiro atoms. The Bertz CT molecular complexity index is 692. The minimum Gasteiger partial charge on any atom is -0.349 e. The van der Waals surface area contributed by atoms with E-state index in [0.717, 1.165) is 5.56 Å². The van der Waals surface area contributed by atoms with Gasteiger partial charge in [0.25, 0.3) is 0 Å². The fourth-order valence-corrected chi connectivity index (χ4v) is 2.50. The lowest BCUT2D eigenvalue weighted by atomic mass is 10.1. The number of benzene rings is 2. The van der Waals surface area contributed by atoms with Gasteiger partial charge < -0.3 is 16.0 Å². The highest BCUT2D eigenvalue weighted by Gasteiger charge is 2.12. The normalized spacial score (nSPS) is 11.4. The smallest absolute Gasteiger partial charge is 0.319 e. The molecule has 2 aromatic rings. The highest BCUT2D eigenvalue weighted by atomic mass is 35.5. The van der Waals surface area contributed by atoms with Crippen LogP contribution in [0.3, 0.4) is 0 Å². The van der Waals surface area contributed by atoms with Crippen LogP contribution in [0.5, 0.6) is 0 Å². The van der Waals surface area contributed by atoms with Gasteiger partial charge in [-0.1, -0.05) is 48.0 Å². The second-order valence-corrected chi connectivity index (χ2v) is 5.71. The zero-order valence-corrected chi connectivity index (χ0v) is 14.1. The SMILES string of the molecule is C[C@H](NC(=O)CCNC(=O)Nc1ccccc1)c1ccccc1Cl. The van der Waals surface area contributed by atoms with Gasteiger partial charge in [0.2, 0.25) is 5.91 Å². The molecule has 24 heavy (non-hydrogen) atoms. The van der Waals surface area contributed by atoms with Crippen molar-refractivity contribution in [2.24, 2.45) is 0 Å². The van der Waals surface area contributed by atoms with E-state index in [-0.39, 0.29) is 30.9 Å². The molecule has 126 valence electrons. The summed E-state index contributed by atoms with van der Waals surface area (Å²) in [6.07, 6.45) is 0.191. The summed E-state index contributed by atoms with van der Waals surface area (Å²) in [5, 5.41) is 8.82. The number of anilines is 1. The van der Waals surface area contributed by atoms with Crippen LogP contribution in [-0.4, -0.2) is 18.5 Å². The molecule has 2 rings (SSSR count). The van der Waals surface area contributed by atoms with Gasteiger partial charge in [-0.05, 0) is 30.7 Å². The van der Waals surface area contributed by atoms with Gasteiger partial charge in [0.15, 0.2) is 0 Å². The number of carbonyl (C=O) groups is 2. The number of hydrogen-bond donors (Lipinski definition) is 3. The number of carbonyl (C=O) groups excluding carboxylic acids is 2. The van der Waals surface area contributed by atoms with Gasteiger partial charge in [0.05, 0.1) is 6.04 Å². The monoisotopic (exact) mass is 345 g/mol. The zero-order chi connectivity index (χ0) is 17.4. The molecule has 3 N–H and O–H groups in total. The van der Waals surface area contributed by atoms with Crippen molar-refractivity contribution in [3.05, 3.63) is 65.2 Å². The number of hydrogen-bond acceptors (Lipinski definition) is 2. The van der Waals surface area contributed by atoms with E-state index >= 15 is 0 Å². The van der Waals surface area contributed by atoms with E-state index in [1.165, 1.54) is 0 Å². The van der Waals surface area contributed by atoms with Crippen molar-refractivity contribution in [1.82, 2.24) is 10.6 Å².